The predicted molar refractivity (Wildman–Crippen MR) is 110 cm³/mol. The number of rotatable bonds is 8. The minimum atomic E-state index is 0.153. The molecule has 0 saturated heterocycles. The van der Waals surface area contributed by atoms with Crippen molar-refractivity contribution in [1.82, 2.24) is 9.88 Å². The quantitative estimate of drug-likeness (QED) is 0.554. The molecule has 3 nitrogen and oxygen atoms in total. The molecule has 0 saturated carbocycles. The summed E-state index contributed by atoms with van der Waals surface area (Å²) >= 11 is 3.40. The summed E-state index contributed by atoms with van der Waals surface area (Å²) < 4.78 is 0. The van der Waals surface area contributed by atoms with E-state index in [0.29, 0.717) is 13.0 Å². The van der Waals surface area contributed by atoms with Crippen LogP contribution in [0, 0.1) is 6.92 Å². The van der Waals surface area contributed by atoms with Crippen molar-refractivity contribution in [2.75, 3.05) is 6.54 Å². The molecule has 3 aromatic rings. The zero-order valence-electron chi connectivity index (χ0n) is 15.3. The first kappa shape index (κ1) is 18.8. The van der Waals surface area contributed by atoms with Crippen molar-refractivity contribution in [3.8, 4) is 0 Å². The topological polar surface area (TPSA) is 33.2 Å². The number of carbonyl (C=O) groups excluding carboxylic acids is 1. The van der Waals surface area contributed by atoms with Gasteiger partial charge < -0.3 is 4.90 Å². The highest BCUT2D eigenvalue weighted by atomic mass is 32.1. The van der Waals surface area contributed by atoms with Gasteiger partial charge in [0.2, 0.25) is 5.91 Å². The molecule has 26 heavy (non-hydrogen) atoms. The van der Waals surface area contributed by atoms with Gasteiger partial charge in [-0.25, -0.2) is 4.98 Å². The van der Waals surface area contributed by atoms with Gasteiger partial charge in [0, 0.05) is 21.7 Å². The minimum absolute atomic E-state index is 0.153. The van der Waals surface area contributed by atoms with Gasteiger partial charge in [0.05, 0.1) is 23.7 Å². The fraction of sp³-hybridized carbons (Fsp3) is 0.333. The second-order valence-electron chi connectivity index (χ2n) is 6.33. The molecule has 0 N–H and O–H groups in total. The van der Waals surface area contributed by atoms with Gasteiger partial charge in [-0.3, -0.25) is 4.79 Å². The third kappa shape index (κ3) is 5.26. The zero-order chi connectivity index (χ0) is 18.4. The maximum Gasteiger partial charge on any atom is 0.228 e. The van der Waals surface area contributed by atoms with E-state index in [2.05, 4.69) is 43.1 Å². The molecule has 0 fully saturated rings. The van der Waals surface area contributed by atoms with Gasteiger partial charge in [-0.1, -0.05) is 37.3 Å². The second-order valence-corrected chi connectivity index (χ2v) is 8.64. The first-order valence-corrected chi connectivity index (χ1v) is 10.6. The molecular weight excluding hydrogens is 360 g/mol. The molecule has 0 aliphatic carbocycles. The van der Waals surface area contributed by atoms with Crippen molar-refractivity contribution in [2.45, 2.75) is 39.7 Å². The van der Waals surface area contributed by atoms with E-state index in [1.165, 1.54) is 15.3 Å². The molecular formula is C21H24N2OS2. The lowest BCUT2D eigenvalue weighted by molar-refractivity contribution is -0.131. The van der Waals surface area contributed by atoms with Gasteiger partial charge in [0.1, 0.15) is 0 Å². The maximum absolute atomic E-state index is 12.9. The van der Waals surface area contributed by atoms with E-state index in [1.807, 2.05) is 28.5 Å². The number of carbonyl (C=O) groups is 1. The summed E-state index contributed by atoms with van der Waals surface area (Å²) in [4.78, 5) is 22.0. The van der Waals surface area contributed by atoms with Crippen LogP contribution in [0.3, 0.4) is 0 Å². The fourth-order valence-electron chi connectivity index (χ4n) is 2.82. The SMILES string of the molecule is CCc1nc(CC(=O)N(CCc2ccccc2)Cc2ccc(C)s2)cs1. The number of hydrogen-bond acceptors (Lipinski definition) is 4. The number of thiazole rings is 1. The summed E-state index contributed by atoms with van der Waals surface area (Å²) in [6.45, 7) is 5.60. The Bertz CT molecular complexity index is 839. The molecule has 2 heterocycles. The zero-order valence-corrected chi connectivity index (χ0v) is 16.9. The fourth-order valence-corrected chi connectivity index (χ4v) is 4.47. The van der Waals surface area contributed by atoms with Gasteiger partial charge in [-0.15, -0.1) is 22.7 Å². The molecule has 2 aromatic heterocycles. The van der Waals surface area contributed by atoms with E-state index >= 15 is 0 Å². The Balaban J connectivity index is 1.69. The molecule has 0 radical (unpaired) electrons. The summed E-state index contributed by atoms with van der Waals surface area (Å²) in [6, 6.07) is 14.6. The summed E-state index contributed by atoms with van der Waals surface area (Å²) in [7, 11) is 0. The van der Waals surface area contributed by atoms with E-state index in [-0.39, 0.29) is 5.91 Å². The van der Waals surface area contributed by atoms with Gasteiger partial charge >= 0.3 is 0 Å². The number of nitrogens with zero attached hydrogens (tertiary/aromatic N) is 2. The van der Waals surface area contributed by atoms with E-state index in [0.717, 1.165) is 30.1 Å². The van der Waals surface area contributed by atoms with Crippen LogP contribution in [-0.2, 0) is 30.6 Å². The number of hydrogen-bond donors (Lipinski definition) is 0. The number of thiophene rings is 1. The van der Waals surface area contributed by atoms with Gasteiger partial charge in [-0.2, -0.15) is 0 Å². The van der Waals surface area contributed by atoms with Crippen LogP contribution in [-0.4, -0.2) is 22.3 Å². The first-order valence-electron chi connectivity index (χ1n) is 8.94. The lowest BCUT2D eigenvalue weighted by atomic mass is 10.1. The van der Waals surface area contributed by atoms with Crippen molar-refractivity contribution >= 4 is 28.6 Å². The van der Waals surface area contributed by atoms with Crippen molar-refractivity contribution in [1.29, 1.82) is 0 Å². The average molecular weight is 385 g/mol. The first-order chi connectivity index (χ1) is 12.6. The Morgan fingerprint density at radius 3 is 2.62 bits per heavy atom. The highest BCUT2D eigenvalue weighted by molar-refractivity contribution is 7.11. The molecule has 0 atom stereocenters. The van der Waals surface area contributed by atoms with Crippen LogP contribution in [0.2, 0.25) is 0 Å². The second kappa shape index (κ2) is 9.10. The molecule has 1 amide bonds. The van der Waals surface area contributed by atoms with E-state index in [4.69, 9.17) is 0 Å². The Kier molecular flexibility index (Phi) is 6.58. The van der Waals surface area contributed by atoms with Crippen LogP contribution in [0.4, 0.5) is 0 Å². The van der Waals surface area contributed by atoms with Crippen molar-refractivity contribution in [3.63, 3.8) is 0 Å². The molecule has 0 unspecified atom stereocenters. The summed E-state index contributed by atoms with van der Waals surface area (Å²) in [5.74, 6) is 0.153. The Morgan fingerprint density at radius 2 is 1.96 bits per heavy atom. The Labute approximate surface area is 163 Å². The molecule has 0 aliphatic heterocycles. The molecule has 0 bridgehead atoms. The van der Waals surface area contributed by atoms with Gasteiger partial charge in [0.15, 0.2) is 0 Å². The summed E-state index contributed by atoms with van der Waals surface area (Å²) in [5, 5.41) is 3.11. The Morgan fingerprint density at radius 1 is 1.15 bits per heavy atom. The lowest BCUT2D eigenvalue weighted by Gasteiger charge is -2.22. The van der Waals surface area contributed by atoms with Crippen molar-refractivity contribution < 1.29 is 4.79 Å². The van der Waals surface area contributed by atoms with Gasteiger partial charge in [0.25, 0.3) is 0 Å². The standard InChI is InChI=1S/C21H24N2OS2/c1-3-20-22-18(15-25-20)13-21(24)23(14-19-10-9-16(2)26-19)12-11-17-7-5-4-6-8-17/h4-10,15H,3,11-14H2,1-2H3. The van der Waals surface area contributed by atoms with Crippen LogP contribution < -0.4 is 0 Å². The number of benzene rings is 1. The highest BCUT2D eigenvalue weighted by Crippen LogP contribution is 2.19. The molecule has 0 aliphatic rings. The molecule has 136 valence electrons. The lowest BCUT2D eigenvalue weighted by Crippen LogP contribution is -2.33. The maximum atomic E-state index is 12.9. The van der Waals surface area contributed by atoms with E-state index in [9.17, 15) is 4.79 Å². The predicted octanol–water partition coefficient (Wildman–Crippen LogP) is 4.89. The van der Waals surface area contributed by atoms with Crippen LogP contribution in [0.5, 0.6) is 0 Å². The largest absolute Gasteiger partial charge is 0.337 e. The highest BCUT2D eigenvalue weighted by Gasteiger charge is 2.17. The third-order valence-electron chi connectivity index (χ3n) is 4.24. The monoisotopic (exact) mass is 384 g/mol. The van der Waals surface area contributed by atoms with E-state index in [1.54, 1.807) is 22.7 Å². The minimum Gasteiger partial charge on any atom is -0.337 e. The third-order valence-corrected chi connectivity index (χ3v) is 6.27. The normalized spacial score (nSPS) is 10.8. The molecule has 0 spiro atoms. The number of aryl methyl sites for hydroxylation is 2. The van der Waals surface area contributed by atoms with Crippen LogP contribution >= 0.6 is 22.7 Å². The van der Waals surface area contributed by atoms with Crippen LogP contribution in [0.15, 0.2) is 47.8 Å². The molecule has 1 aromatic carbocycles. The molecule has 5 heteroatoms. The van der Waals surface area contributed by atoms with Crippen LogP contribution in [0.1, 0.15) is 32.9 Å². The van der Waals surface area contributed by atoms with Crippen molar-refractivity contribution in [3.05, 3.63) is 73.9 Å². The smallest absolute Gasteiger partial charge is 0.228 e. The van der Waals surface area contributed by atoms with Crippen LogP contribution in [0.25, 0.3) is 0 Å². The molecule has 3 rings (SSSR count). The van der Waals surface area contributed by atoms with Crippen molar-refractivity contribution in [2.24, 2.45) is 0 Å². The summed E-state index contributed by atoms with van der Waals surface area (Å²) in [5.41, 5.74) is 2.15. The number of aromatic nitrogens is 1. The van der Waals surface area contributed by atoms with E-state index < -0.39 is 0 Å². The number of amides is 1. The van der Waals surface area contributed by atoms with Gasteiger partial charge in [-0.05, 0) is 37.5 Å². The average Bonchev–Trinajstić information content (AvgIpc) is 3.28. The summed E-state index contributed by atoms with van der Waals surface area (Å²) in [6.07, 6.45) is 2.18. The Hall–Kier alpha value is -1.98.